The minimum Gasteiger partial charge on any atom is -0.506 e. The van der Waals surface area contributed by atoms with Crippen molar-refractivity contribution in [3.63, 3.8) is 0 Å². The monoisotopic (exact) mass is 333 g/mol. The molecule has 0 fully saturated rings. The molecule has 0 spiro atoms. The molecule has 0 aliphatic heterocycles. The molecule has 0 radical (unpaired) electrons. The van der Waals surface area contributed by atoms with Crippen LogP contribution >= 0.6 is 27.5 Å². The van der Waals surface area contributed by atoms with Gasteiger partial charge in [-0.05, 0) is 46.3 Å². The molecule has 0 aromatic heterocycles. The number of benzene rings is 2. The van der Waals surface area contributed by atoms with E-state index in [0.29, 0.717) is 20.7 Å². The Morgan fingerprint density at radius 2 is 2.11 bits per heavy atom. The second kappa shape index (κ2) is 5.92. The number of aromatic hydroxyl groups is 1. The zero-order chi connectivity index (χ0) is 13.8. The number of rotatable bonds is 2. The summed E-state index contributed by atoms with van der Waals surface area (Å²) in [6.45, 7) is 0. The van der Waals surface area contributed by atoms with Gasteiger partial charge in [0.15, 0.2) is 0 Å². The van der Waals surface area contributed by atoms with Crippen LogP contribution in [0.25, 0.3) is 0 Å². The Labute approximate surface area is 124 Å². The van der Waals surface area contributed by atoms with Crippen LogP contribution in [0.5, 0.6) is 5.75 Å². The first-order chi connectivity index (χ1) is 9.10. The lowest BCUT2D eigenvalue weighted by molar-refractivity contribution is 0.471. The Morgan fingerprint density at radius 3 is 2.84 bits per heavy atom. The molecule has 0 aliphatic carbocycles. The SMILES string of the molecule is C#Cc1cccc(N=Cc2cc(Cl)cc(Br)c2O)c1. The molecule has 2 nitrogen and oxygen atoms in total. The number of phenols is 1. The highest BCUT2D eigenvalue weighted by Crippen LogP contribution is 2.30. The minimum absolute atomic E-state index is 0.0984. The van der Waals surface area contributed by atoms with Crippen LogP contribution < -0.4 is 0 Å². The van der Waals surface area contributed by atoms with Crippen LogP contribution in [0.2, 0.25) is 5.02 Å². The van der Waals surface area contributed by atoms with Gasteiger partial charge in [-0.2, -0.15) is 0 Å². The summed E-state index contributed by atoms with van der Waals surface area (Å²) in [4.78, 5) is 4.27. The van der Waals surface area contributed by atoms with Crippen molar-refractivity contribution in [1.29, 1.82) is 0 Å². The maximum atomic E-state index is 9.87. The van der Waals surface area contributed by atoms with E-state index in [9.17, 15) is 5.11 Å². The van der Waals surface area contributed by atoms with Gasteiger partial charge in [0.2, 0.25) is 0 Å². The summed E-state index contributed by atoms with van der Waals surface area (Å²) >= 11 is 9.15. The molecule has 0 saturated carbocycles. The van der Waals surface area contributed by atoms with Gasteiger partial charge in [0, 0.05) is 22.4 Å². The van der Waals surface area contributed by atoms with Crippen molar-refractivity contribution in [1.82, 2.24) is 0 Å². The number of phenolic OH excluding ortho intramolecular Hbond substituents is 1. The van der Waals surface area contributed by atoms with Gasteiger partial charge < -0.3 is 5.11 Å². The Bertz CT molecular complexity index is 689. The van der Waals surface area contributed by atoms with Crippen molar-refractivity contribution in [2.75, 3.05) is 0 Å². The number of halogens is 2. The summed E-state index contributed by atoms with van der Waals surface area (Å²) in [5, 5.41) is 10.4. The lowest BCUT2D eigenvalue weighted by Gasteiger charge is -2.02. The van der Waals surface area contributed by atoms with Crippen molar-refractivity contribution in [2.45, 2.75) is 0 Å². The van der Waals surface area contributed by atoms with Crippen LogP contribution in [0, 0.1) is 12.3 Å². The van der Waals surface area contributed by atoms with Crippen molar-refractivity contribution >= 4 is 39.4 Å². The number of hydrogen-bond acceptors (Lipinski definition) is 2. The van der Waals surface area contributed by atoms with E-state index in [0.717, 1.165) is 5.56 Å². The first-order valence-corrected chi connectivity index (χ1v) is 6.56. The van der Waals surface area contributed by atoms with Gasteiger partial charge in [-0.3, -0.25) is 4.99 Å². The number of aliphatic imine (C=N–C) groups is 1. The summed E-state index contributed by atoms with van der Waals surface area (Å²) in [6, 6.07) is 10.5. The molecule has 0 aliphatic rings. The van der Waals surface area contributed by atoms with E-state index in [1.807, 2.05) is 18.2 Å². The topological polar surface area (TPSA) is 32.6 Å². The second-order valence-corrected chi connectivity index (χ2v) is 5.07. The number of terminal acetylenes is 1. The van der Waals surface area contributed by atoms with Gasteiger partial charge in [-0.25, -0.2) is 0 Å². The lowest BCUT2D eigenvalue weighted by atomic mass is 10.2. The Balaban J connectivity index is 2.35. The average molecular weight is 335 g/mol. The molecule has 0 unspecified atom stereocenters. The molecule has 2 rings (SSSR count). The van der Waals surface area contributed by atoms with Crippen molar-refractivity contribution in [3.05, 3.63) is 57.0 Å². The highest BCUT2D eigenvalue weighted by atomic mass is 79.9. The van der Waals surface area contributed by atoms with Crippen LogP contribution in [0.15, 0.2) is 45.9 Å². The fourth-order valence-electron chi connectivity index (χ4n) is 1.50. The van der Waals surface area contributed by atoms with E-state index in [-0.39, 0.29) is 5.75 Å². The second-order valence-electron chi connectivity index (χ2n) is 3.78. The van der Waals surface area contributed by atoms with Gasteiger partial charge in [0.1, 0.15) is 5.75 Å². The third-order valence-electron chi connectivity index (χ3n) is 2.42. The quantitative estimate of drug-likeness (QED) is 0.634. The van der Waals surface area contributed by atoms with E-state index in [1.165, 1.54) is 0 Å². The van der Waals surface area contributed by atoms with Crippen LogP contribution in [-0.4, -0.2) is 11.3 Å². The molecular weight excluding hydrogens is 326 g/mol. The van der Waals surface area contributed by atoms with Crippen LogP contribution in [0.1, 0.15) is 11.1 Å². The normalized spacial score (nSPS) is 10.6. The Morgan fingerprint density at radius 1 is 1.32 bits per heavy atom. The molecule has 0 heterocycles. The van der Waals surface area contributed by atoms with Crippen molar-refractivity contribution in [2.24, 2.45) is 4.99 Å². The van der Waals surface area contributed by atoms with Gasteiger partial charge in [-0.15, -0.1) is 6.42 Å². The molecule has 19 heavy (non-hydrogen) atoms. The molecule has 4 heteroatoms. The molecule has 94 valence electrons. The molecule has 0 atom stereocenters. The van der Waals surface area contributed by atoms with E-state index >= 15 is 0 Å². The summed E-state index contributed by atoms with van der Waals surface area (Å²) in [5.41, 5.74) is 2.00. The maximum Gasteiger partial charge on any atom is 0.138 e. The zero-order valence-corrected chi connectivity index (χ0v) is 12.1. The summed E-state index contributed by atoms with van der Waals surface area (Å²) < 4.78 is 0.527. The molecule has 2 aromatic carbocycles. The fraction of sp³-hybridized carbons (Fsp3) is 0. The van der Waals surface area contributed by atoms with E-state index in [4.69, 9.17) is 18.0 Å². The van der Waals surface area contributed by atoms with Crippen molar-refractivity contribution < 1.29 is 5.11 Å². The van der Waals surface area contributed by atoms with E-state index in [2.05, 4.69) is 26.8 Å². The summed E-state index contributed by atoms with van der Waals surface area (Å²) in [5.74, 6) is 2.64. The highest BCUT2D eigenvalue weighted by Gasteiger charge is 2.05. The molecule has 2 aromatic rings. The Kier molecular flexibility index (Phi) is 4.26. The van der Waals surface area contributed by atoms with Crippen LogP contribution in [-0.2, 0) is 0 Å². The summed E-state index contributed by atoms with van der Waals surface area (Å²) in [7, 11) is 0. The third-order valence-corrected chi connectivity index (χ3v) is 3.25. The Hall–Kier alpha value is -1.76. The molecule has 0 bridgehead atoms. The smallest absolute Gasteiger partial charge is 0.138 e. The predicted octanol–water partition coefficient (Wildman–Crippen LogP) is 4.54. The van der Waals surface area contributed by atoms with Crippen LogP contribution in [0.3, 0.4) is 0 Å². The van der Waals surface area contributed by atoms with Gasteiger partial charge >= 0.3 is 0 Å². The predicted molar refractivity (Wildman–Crippen MR) is 82.4 cm³/mol. The first-order valence-electron chi connectivity index (χ1n) is 5.39. The maximum absolute atomic E-state index is 9.87. The number of nitrogens with zero attached hydrogens (tertiary/aromatic N) is 1. The molecular formula is C15H9BrClNO. The van der Waals surface area contributed by atoms with Gasteiger partial charge in [-0.1, -0.05) is 23.6 Å². The molecule has 0 saturated heterocycles. The van der Waals surface area contributed by atoms with Gasteiger partial charge in [0.05, 0.1) is 10.2 Å². The standard InChI is InChI=1S/C15H9BrClNO/c1-2-10-4-3-5-13(6-10)18-9-11-7-12(17)8-14(16)15(11)19/h1,3-9,19H. The first kappa shape index (κ1) is 13.7. The minimum atomic E-state index is 0.0984. The largest absolute Gasteiger partial charge is 0.506 e. The highest BCUT2D eigenvalue weighted by molar-refractivity contribution is 9.10. The van der Waals surface area contributed by atoms with Crippen LogP contribution in [0.4, 0.5) is 5.69 Å². The third kappa shape index (κ3) is 3.37. The molecule has 0 amide bonds. The van der Waals surface area contributed by atoms with E-state index < -0.39 is 0 Å². The summed E-state index contributed by atoms with van der Waals surface area (Å²) in [6.07, 6.45) is 6.87. The average Bonchev–Trinajstić information content (AvgIpc) is 2.41. The number of hydrogen-bond donors (Lipinski definition) is 1. The zero-order valence-electron chi connectivity index (χ0n) is 9.77. The fourth-order valence-corrected chi connectivity index (χ4v) is 2.34. The van der Waals surface area contributed by atoms with Gasteiger partial charge in [0.25, 0.3) is 0 Å². The molecule has 1 N–H and O–H groups in total. The lowest BCUT2D eigenvalue weighted by Crippen LogP contribution is -1.84. The van der Waals surface area contributed by atoms with E-state index in [1.54, 1.807) is 24.4 Å². The van der Waals surface area contributed by atoms with Crippen molar-refractivity contribution in [3.8, 4) is 18.1 Å².